The Bertz CT molecular complexity index is 408. The van der Waals surface area contributed by atoms with Crippen molar-refractivity contribution in [3.05, 3.63) is 33.3 Å². The molecule has 0 bridgehead atoms. The molecule has 6 nitrogen and oxygen atoms in total. The molecule has 1 aromatic carbocycles. The lowest BCUT2D eigenvalue weighted by Gasteiger charge is -2.18. The first kappa shape index (κ1) is 14.7. The van der Waals surface area contributed by atoms with Crippen molar-refractivity contribution in [1.82, 2.24) is 0 Å². The van der Waals surface area contributed by atoms with Crippen LogP contribution in [0.25, 0.3) is 0 Å². The number of aliphatic hydroxyl groups is 1. The van der Waals surface area contributed by atoms with Gasteiger partial charge < -0.3 is 15.2 Å². The molecule has 0 spiro atoms. The van der Waals surface area contributed by atoms with Gasteiger partial charge >= 0.3 is 0 Å². The molecule has 0 radical (unpaired) electrons. The summed E-state index contributed by atoms with van der Waals surface area (Å²) in [5.41, 5.74) is 0.154. The second-order valence-corrected chi connectivity index (χ2v) is 4.11. The van der Waals surface area contributed by atoms with Crippen LogP contribution < -0.4 is 5.32 Å². The number of benzene rings is 1. The summed E-state index contributed by atoms with van der Waals surface area (Å²) in [6.07, 6.45) is 0.413. The number of nitrogens with one attached hydrogen (secondary N) is 1. The lowest BCUT2D eigenvalue weighted by Crippen LogP contribution is -2.26. The average molecular weight is 275 g/mol. The summed E-state index contributed by atoms with van der Waals surface area (Å²) < 4.78 is 4.98. The van der Waals surface area contributed by atoms with Crippen LogP contribution in [0.4, 0.5) is 11.4 Å². The first-order valence-corrected chi connectivity index (χ1v) is 5.77. The molecular weight excluding hydrogens is 260 g/mol. The van der Waals surface area contributed by atoms with E-state index in [4.69, 9.17) is 21.4 Å². The molecule has 0 amide bonds. The van der Waals surface area contributed by atoms with Gasteiger partial charge in [-0.25, -0.2) is 0 Å². The van der Waals surface area contributed by atoms with Crippen molar-refractivity contribution in [3.8, 4) is 0 Å². The van der Waals surface area contributed by atoms with E-state index in [2.05, 4.69) is 5.32 Å². The molecular formula is C11H15ClN2O4. The minimum atomic E-state index is -0.503. The Morgan fingerprint density at radius 1 is 1.61 bits per heavy atom. The topological polar surface area (TPSA) is 84.6 Å². The van der Waals surface area contributed by atoms with E-state index in [1.165, 1.54) is 19.2 Å². The molecule has 2 N–H and O–H groups in total. The fraction of sp³-hybridized carbons (Fsp3) is 0.455. The quantitative estimate of drug-likeness (QED) is 0.587. The molecule has 1 atom stereocenters. The van der Waals surface area contributed by atoms with Gasteiger partial charge in [-0.1, -0.05) is 17.7 Å². The van der Waals surface area contributed by atoms with E-state index in [-0.39, 0.29) is 29.0 Å². The second kappa shape index (κ2) is 7.15. The average Bonchev–Trinajstić information content (AvgIpc) is 2.32. The molecule has 1 aromatic rings. The van der Waals surface area contributed by atoms with E-state index >= 15 is 0 Å². The van der Waals surface area contributed by atoms with Gasteiger partial charge in [-0.15, -0.1) is 0 Å². The molecule has 0 aliphatic carbocycles. The van der Waals surface area contributed by atoms with E-state index in [1.807, 2.05) is 0 Å². The van der Waals surface area contributed by atoms with Gasteiger partial charge in [-0.3, -0.25) is 10.1 Å². The summed E-state index contributed by atoms with van der Waals surface area (Å²) in [6, 6.07) is 4.22. The second-order valence-electron chi connectivity index (χ2n) is 3.70. The summed E-state index contributed by atoms with van der Waals surface area (Å²) in [5.74, 6) is 0. The Hall–Kier alpha value is -1.37. The lowest BCUT2D eigenvalue weighted by molar-refractivity contribution is -0.384. The SMILES string of the molecule is COCC(CCO)Nc1c(Cl)cccc1[N+](=O)[O-]. The number of methoxy groups -OCH3 is 1. The Morgan fingerprint density at radius 2 is 2.33 bits per heavy atom. The van der Waals surface area contributed by atoms with Crippen molar-refractivity contribution < 1.29 is 14.8 Å². The van der Waals surface area contributed by atoms with E-state index in [1.54, 1.807) is 6.07 Å². The summed E-state index contributed by atoms with van der Waals surface area (Å²) in [6.45, 7) is 0.280. The zero-order valence-corrected chi connectivity index (χ0v) is 10.7. The maximum Gasteiger partial charge on any atom is 0.293 e. The van der Waals surface area contributed by atoms with Crippen molar-refractivity contribution in [2.45, 2.75) is 12.5 Å². The van der Waals surface area contributed by atoms with Crippen molar-refractivity contribution in [2.24, 2.45) is 0 Å². The molecule has 7 heteroatoms. The first-order chi connectivity index (χ1) is 8.60. The molecule has 1 rings (SSSR count). The number of halogens is 1. The standard InChI is InChI=1S/C11H15ClN2O4/c1-18-7-8(5-6-15)13-11-9(12)3-2-4-10(11)14(16)17/h2-4,8,13,15H,5-7H2,1H3. The van der Waals surface area contributed by atoms with Crippen LogP contribution in [-0.2, 0) is 4.74 Å². The summed E-state index contributed by atoms with van der Waals surface area (Å²) in [4.78, 5) is 10.4. The number of hydrogen-bond acceptors (Lipinski definition) is 5. The van der Waals surface area contributed by atoms with Crippen molar-refractivity contribution >= 4 is 23.0 Å². The van der Waals surface area contributed by atoms with Crippen molar-refractivity contribution in [3.63, 3.8) is 0 Å². The van der Waals surface area contributed by atoms with Gasteiger partial charge in [0.2, 0.25) is 0 Å². The zero-order valence-electron chi connectivity index (χ0n) is 9.93. The third-order valence-corrected chi connectivity index (χ3v) is 2.70. The normalized spacial score (nSPS) is 12.2. The molecule has 1 unspecified atom stereocenters. The van der Waals surface area contributed by atoms with Crippen molar-refractivity contribution in [2.75, 3.05) is 25.6 Å². The Balaban J connectivity index is 2.96. The van der Waals surface area contributed by atoms with Gasteiger partial charge in [-0.05, 0) is 12.5 Å². The highest BCUT2D eigenvalue weighted by atomic mass is 35.5. The molecule has 0 aliphatic heterocycles. The van der Waals surface area contributed by atoms with Crippen LogP contribution in [0.3, 0.4) is 0 Å². The van der Waals surface area contributed by atoms with E-state index in [0.29, 0.717) is 13.0 Å². The number of anilines is 1. The molecule has 0 aromatic heterocycles. The fourth-order valence-corrected chi connectivity index (χ4v) is 1.79. The van der Waals surface area contributed by atoms with Gasteiger partial charge in [0.1, 0.15) is 5.69 Å². The maximum atomic E-state index is 10.9. The van der Waals surface area contributed by atoms with E-state index in [9.17, 15) is 10.1 Å². The van der Waals surface area contributed by atoms with Gasteiger partial charge in [-0.2, -0.15) is 0 Å². The van der Waals surface area contributed by atoms with Crippen LogP contribution in [-0.4, -0.2) is 36.4 Å². The highest BCUT2D eigenvalue weighted by Gasteiger charge is 2.19. The van der Waals surface area contributed by atoms with Crippen molar-refractivity contribution in [1.29, 1.82) is 0 Å². The molecule has 0 aliphatic rings. The number of aliphatic hydroxyl groups excluding tert-OH is 1. The van der Waals surface area contributed by atoms with E-state index < -0.39 is 4.92 Å². The molecule has 100 valence electrons. The number of nitro groups is 1. The highest BCUT2D eigenvalue weighted by Crippen LogP contribution is 2.32. The molecule has 0 saturated heterocycles. The Labute approximate surface area is 110 Å². The van der Waals surface area contributed by atoms with Gasteiger partial charge in [0.25, 0.3) is 5.69 Å². The zero-order chi connectivity index (χ0) is 13.5. The predicted molar refractivity (Wildman–Crippen MR) is 69.1 cm³/mol. The minimum absolute atomic E-state index is 0.0424. The van der Waals surface area contributed by atoms with Crippen LogP contribution >= 0.6 is 11.6 Å². The third-order valence-electron chi connectivity index (χ3n) is 2.38. The molecule has 0 saturated carbocycles. The number of hydrogen-bond donors (Lipinski definition) is 2. The number of ether oxygens (including phenoxy) is 1. The number of rotatable bonds is 7. The molecule has 0 fully saturated rings. The van der Waals surface area contributed by atoms with Gasteiger partial charge in [0.05, 0.1) is 22.6 Å². The number of nitrogens with zero attached hydrogens (tertiary/aromatic N) is 1. The lowest BCUT2D eigenvalue weighted by atomic mass is 10.2. The number of para-hydroxylation sites is 1. The maximum absolute atomic E-state index is 10.9. The van der Waals surface area contributed by atoms with Gasteiger partial charge in [0.15, 0.2) is 0 Å². The smallest absolute Gasteiger partial charge is 0.293 e. The highest BCUT2D eigenvalue weighted by molar-refractivity contribution is 6.33. The summed E-state index contributed by atoms with van der Waals surface area (Å²) >= 11 is 5.95. The first-order valence-electron chi connectivity index (χ1n) is 5.39. The Morgan fingerprint density at radius 3 is 2.89 bits per heavy atom. The summed E-state index contributed by atoms with van der Waals surface area (Å²) in [5, 5.41) is 23.0. The largest absolute Gasteiger partial charge is 0.396 e. The summed E-state index contributed by atoms with van der Waals surface area (Å²) in [7, 11) is 1.52. The van der Waals surface area contributed by atoms with Crippen LogP contribution in [0.5, 0.6) is 0 Å². The number of nitro benzene ring substituents is 1. The van der Waals surface area contributed by atoms with Crippen LogP contribution in [0, 0.1) is 10.1 Å². The monoisotopic (exact) mass is 274 g/mol. The third kappa shape index (κ3) is 3.83. The molecule has 0 heterocycles. The minimum Gasteiger partial charge on any atom is -0.396 e. The molecule has 18 heavy (non-hydrogen) atoms. The predicted octanol–water partition coefficient (Wildman–Crippen LogP) is 2.06. The van der Waals surface area contributed by atoms with Crippen LogP contribution in [0.1, 0.15) is 6.42 Å². The Kier molecular flexibility index (Phi) is 5.84. The van der Waals surface area contributed by atoms with Gasteiger partial charge in [0, 0.05) is 19.8 Å². The van der Waals surface area contributed by atoms with Crippen LogP contribution in [0.2, 0.25) is 5.02 Å². The fourth-order valence-electron chi connectivity index (χ4n) is 1.57. The van der Waals surface area contributed by atoms with Crippen LogP contribution in [0.15, 0.2) is 18.2 Å². The van der Waals surface area contributed by atoms with E-state index in [0.717, 1.165) is 0 Å².